The number of carbonyl (C=O) groups is 1. The largest absolute Gasteiger partial charge is 0.497 e. The second-order valence-electron chi connectivity index (χ2n) is 4.13. The first-order valence-electron chi connectivity index (χ1n) is 6.39. The molecule has 1 amide bonds. The summed E-state index contributed by atoms with van der Waals surface area (Å²) in [6, 6.07) is 12.8. The molecular formula is C15H16N4O2. The number of nitrogens with one attached hydrogen (secondary N) is 2. The van der Waals surface area contributed by atoms with Gasteiger partial charge >= 0.3 is 0 Å². The van der Waals surface area contributed by atoms with Gasteiger partial charge in [-0.2, -0.15) is 5.10 Å². The molecule has 0 saturated heterocycles. The maximum absolute atomic E-state index is 11.6. The van der Waals surface area contributed by atoms with E-state index in [4.69, 9.17) is 4.74 Å². The molecule has 0 atom stereocenters. The Morgan fingerprint density at radius 1 is 1.33 bits per heavy atom. The predicted octanol–water partition coefficient (Wildman–Crippen LogP) is 1.65. The molecule has 0 bridgehead atoms. The summed E-state index contributed by atoms with van der Waals surface area (Å²) in [5.74, 6) is 0.485. The number of pyridine rings is 1. The van der Waals surface area contributed by atoms with Crippen molar-refractivity contribution in [3.8, 4) is 5.75 Å². The number of carbonyl (C=O) groups excluding carboxylic acids is 1. The number of hydrazone groups is 1. The Labute approximate surface area is 122 Å². The van der Waals surface area contributed by atoms with Gasteiger partial charge < -0.3 is 10.1 Å². The number of hydrogen-bond acceptors (Lipinski definition) is 5. The highest BCUT2D eigenvalue weighted by atomic mass is 16.5. The zero-order valence-electron chi connectivity index (χ0n) is 11.6. The minimum atomic E-state index is -0.245. The third-order valence-electron chi connectivity index (χ3n) is 2.60. The fraction of sp³-hybridized carbons (Fsp3) is 0.133. The van der Waals surface area contributed by atoms with E-state index < -0.39 is 0 Å². The van der Waals surface area contributed by atoms with Gasteiger partial charge in [0.05, 0.1) is 25.6 Å². The smallest absolute Gasteiger partial charge is 0.259 e. The number of nitrogens with zero attached hydrogens (tertiary/aromatic N) is 2. The monoisotopic (exact) mass is 284 g/mol. The molecule has 2 N–H and O–H groups in total. The van der Waals surface area contributed by atoms with E-state index in [-0.39, 0.29) is 12.5 Å². The van der Waals surface area contributed by atoms with Crippen molar-refractivity contribution in [2.24, 2.45) is 5.10 Å². The summed E-state index contributed by atoms with van der Waals surface area (Å²) in [7, 11) is 1.60. The lowest BCUT2D eigenvalue weighted by atomic mass is 10.3. The minimum absolute atomic E-state index is 0.118. The Balaban J connectivity index is 1.78. The van der Waals surface area contributed by atoms with Gasteiger partial charge in [-0.05, 0) is 24.3 Å². The quantitative estimate of drug-likeness (QED) is 0.625. The number of rotatable bonds is 6. The highest BCUT2D eigenvalue weighted by Crippen LogP contribution is 2.16. The molecule has 2 aromatic rings. The summed E-state index contributed by atoms with van der Waals surface area (Å²) in [6.07, 6.45) is 3.15. The van der Waals surface area contributed by atoms with Crippen LogP contribution in [0.15, 0.2) is 53.8 Å². The molecule has 0 aliphatic carbocycles. The average molecular weight is 284 g/mol. The topological polar surface area (TPSA) is 75.6 Å². The maximum atomic E-state index is 11.6. The van der Waals surface area contributed by atoms with Crippen molar-refractivity contribution in [2.45, 2.75) is 0 Å². The Kier molecular flexibility index (Phi) is 5.28. The first kappa shape index (κ1) is 14.5. The predicted molar refractivity (Wildman–Crippen MR) is 81.5 cm³/mol. The zero-order chi connectivity index (χ0) is 14.9. The van der Waals surface area contributed by atoms with Crippen LogP contribution in [0.25, 0.3) is 0 Å². The van der Waals surface area contributed by atoms with Crippen LogP contribution >= 0.6 is 0 Å². The Hall–Kier alpha value is -2.89. The fourth-order valence-corrected chi connectivity index (χ4v) is 1.58. The summed E-state index contributed by atoms with van der Waals surface area (Å²) in [5, 5.41) is 6.82. The lowest BCUT2D eigenvalue weighted by Crippen LogP contribution is -2.25. The molecule has 0 unspecified atom stereocenters. The normalized spacial score (nSPS) is 10.3. The van der Waals surface area contributed by atoms with E-state index in [1.807, 2.05) is 36.4 Å². The van der Waals surface area contributed by atoms with Crippen molar-refractivity contribution < 1.29 is 9.53 Å². The van der Waals surface area contributed by atoms with Crippen LogP contribution in [0.3, 0.4) is 0 Å². The van der Waals surface area contributed by atoms with Crippen LogP contribution in [0, 0.1) is 0 Å². The van der Waals surface area contributed by atoms with Crippen LogP contribution in [0.4, 0.5) is 5.69 Å². The van der Waals surface area contributed by atoms with Crippen LogP contribution in [-0.4, -0.2) is 30.8 Å². The highest BCUT2D eigenvalue weighted by Gasteiger charge is 2.00. The van der Waals surface area contributed by atoms with E-state index in [0.29, 0.717) is 5.69 Å². The van der Waals surface area contributed by atoms with Crippen molar-refractivity contribution in [3.05, 3.63) is 54.4 Å². The van der Waals surface area contributed by atoms with Gasteiger partial charge in [0, 0.05) is 18.0 Å². The maximum Gasteiger partial charge on any atom is 0.259 e. The molecule has 0 aliphatic heterocycles. The van der Waals surface area contributed by atoms with Gasteiger partial charge in [0.15, 0.2) is 0 Å². The molecule has 0 aliphatic rings. The third kappa shape index (κ3) is 4.94. The van der Waals surface area contributed by atoms with Gasteiger partial charge in [-0.15, -0.1) is 0 Å². The van der Waals surface area contributed by atoms with Gasteiger partial charge in [-0.1, -0.05) is 12.1 Å². The van der Waals surface area contributed by atoms with E-state index in [2.05, 4.69) is 20.8 Å². The molecule has 6 nitrogen and oxygen atoms in total. The molecule has 0 saturated carbocycles. The number of amides is 1. The molecule has 1 aromatic carbocycles. The number of ether oxygens (including phenoxy) is 1. The second-order valence-corrected chi connectivity index (χ2v) is 4.13. The van der Waals surface area contributed by atoms with Crippen LogP contribution < -0.4 is 15.5 Å². The average Bonchev–Trinajstić information content (AvgIpc) is 2.54. The lowest BCUT2D eigenvalue weighted by Gasteiger charge is -2.06. The summed E-state index contributed by atoms with van der Waals surface area (Å²) in [4.78, 5) is 15.7. The third-order valence-corrected chi connectivity index (χ3v) is 2.60. The standard InChI is InChI=1S/C15H16N4O2/c1-21-14-7-4-6-12(9-14)17-11-15(20)19-18-10-13-5-2-3-8-16-13/h2-10,17H,11H2,1H3,(H,19,20)/b18-10-. The molecular weight excluding hydrogens is 268 g/mol. The van der Waals surface area contributed by atoms with Crippen molar-refractivity contribution in [1.82, 2.24) is 10.4 Å². The van der Waals surface area contributed by atoms with Crippen molar-refractivity contribution in [1.29, 1.82) is 0 Å². The summed E-state index contributed by atoms with van der Waals surface area (Å²) < 4.78 is 5.10. The van der Waals surface area contributed by atoms with Crippen molar-refractivity contribution in [2.75, 3.05) is 19.0 Å². The van der Waals surface area contributed by atoms with Crippen LogP contribution in [0.1, 0.15) is 5.69 Å². The minimum Gasteiger partial charge on any atom is -0.497 e. The van der Waals surface area contributed by atoms with E-state index in [0.717, 1.165) is 11.4 Å². The Morgan fingerprint density at radius 3 is 3.00 bits per heavy atom. The van der Waals surface area contributed by atoms with E-state index in [1.165, 1.54) is 6.21 Å². The molecule has 2 rings (SSSR count). The SMILES string of the molecule is COc1cccc(NCC(=O)N/N=C\c2ccccn2)c1. The molecule has 1 heterocycles. The van der Waals surface area contributed by atoms with E-state index in [9.17, 15) is 4.79 Å². The van der Waals surface area contributed by atoms with Gasteiger partial charge in [-0.25, -0.2) is 5.43 Å². The van der Waals surface area contributed by atoms with Crippen molar-refractivity contribution >= 4 is 17.8 Å². The van der Waals surface area contributed by atoms with Gasteiger partial charge in [-0.3, -0.25) is 9.78 Å². The molecule has 0 spiro atoms. The lowest BCUT2D eigenvalue weighted by molar-refractivity contribution is -0.119. The number of methoxy groups -OCH3 is 1. The first-order valence-corrected chi connectivity index (χ1v) is 6.39. The number of anilines is 1. The first-order chi connectivity index (χ1) is 10.3. The molecule has 0 radical (unpaired) electrons. The van der Waals surface area contributed by atoms with E-state index in [1.54, 1.807) is 19.4 Å². The number of hydrogen-bond donors (Lipinski definition) is 2. The van der Waals surface area contributed by atoms with Gasteiger partial charge in [0.25, 0.3) is 5.91 Å². The summed E-state index contributed by atoms with van der Waals surface area (Å²) in [6.45, 7) is 0.118. The molecule has 21 heavy (non-hydrogen) atoms. The Morgan fingerprint density at radius 2 is 2.24 bits per heavy atom. The molecule has 6 heteroatoms. The highest BCUT2D eigenvalue weighted by molar-refractivity contribution is 5.83. The van der Waals surface area contributed by atoms with Gasteiger partial charge in [0.1, 0.15) is 5.75 Å². The van der Waals surface area contributed by atoms with Gasteiger partial charge in [0.2, 0.25) is 0 Å². The van der Waals surface area contributed by atoms with Crippen LogP contribution in [0.5, 0.6) is 5.75 Å². The number of benzene rings is 1. The van der Waals surface area contributed by atoms with Crippen molar-refractivity contribution in [3.63, 3.8) is 0 Å². The summed E-state index contributed by atoms with van der Waals surface area (Å²) in [5.41, 5.74) is 3.91. The number of aromatic nitrogens is 1. The zero-order valence-corrected chi connectivity index (χ0v) is 11.6. The second kappa shape index (κ2) is 7.64. The van der Waals surface area contributed by atoms with Crippen LogP contribution in [0.2, 0.25) is 0 Å². The Bertz CT molecular complexity index is 614. The van der Waals surface area contributed by atoms with E-state index >= 15 is 0 Å². The molecule has 1 aromatic heterocycles. The molecule has 0 fully saturated rings. The van der Waals surface area contributed by atoms with Crippen LogP contribution in [-0.2, 0) is 4.79 Å². The fourth-order valence-electron chi connectivity index (χ4n) is 1.58. The molecule has 108 valence electrons. The summed E-state index contributed by atoms with van der Waals surface area (Å²) >= 11 is 0.